The normalized spacial score (nSPS) is 11.1. The molecule has 1 aromatic heterocycles. The molecule has 0 bridgehead atoms. The van der Waals surface area contributed by atoms with Crippen molar-refractivity contribution in [1.82, 2.24) is 10.3 Å². The summed E-state index contributed by atoms with van der Waals surface area (Å²) in [6, 6.07) is 10.7. The minimum absolute atomic E-state index is 0.126. The van der Waals surface area contributed by atoms with E-state index in [-0.39, 0.29) is 18.6 Å². The van der Waals surface area contributed by atoms with Gasteiger partial charge in [-0.3, -0.25) is 9.78 Å². The van der Waals surface area contributed by atoms with Crippen molar-refractivity contribution in [2.75, 3.05) is 6.61 Å². The summed E-state index contributed by atoms with van der Waals surface area (Å²) in [5.41, 5.74) is 2.09. The summed E-state index contributed by atoms with van der Waals surface area (Å²) in [5, 5.41) is 11.7. The molecular weight excluding hydrogens is 264 g/mol. The van der Waals surface area contributed by atoms with Crippen LogP contribution < -0.4 is 5.32 Å². The molecule has 4 nitrogen and oxygen atoms in total. The molecule has 1 aromatic carbocycles. The summed E-state index contributed by atoms with van der Waals surface area (Å²) < 4.78 is 0. The number of carbonyl (C=O) groups is 1. The molecule has 0 saturated carbocycles. The van der Waals surface area contributed by atoms with Crippen LogP contribution in [0.2, 0.25) is 0 Å². The highest BCUT2D eigenvalue weighted by atomic mass is 16.2. The number of benzene rings is 1. The van der Waals surface area contributed by atoms with E-state index >= 15 is 0 Å². The zero-order valence-electron chi connectivity index (χ0n) is 11.7. The van der Waals surface area contributed by atoms with Crippen LogP contribution in [0.15, 0.2) is 48.8 Å². The zero-order chi connectivity index (χ0) is 15.1. The van der Waals surface area contributed by atoms with E-state index in [9.17, 15) is 4.79 Å². The first-order chi connectivity index (χ1) is 10.2. The molecule has 1 atom stereocenters. The van der Waals surface area contributed by atoms with E-state index in [1.54, 1.807) is 30.6 Å². The fourth-order valence-electron chi connectivity index (χ4n) is 1.93. The topological polar surface area (TPSA) is 62.2 Å². The first kappa shape index (κ1) is 14.8. The first-order valence-electron chi connectivity index (χ1n) is 6.62. The third-order valence-corrected chi connectivity index (χ3v) is 3.03. The Labute approximate surface area is 123 Å². The molecule has 1 heterocycles. The maximum atomic E-state index is 12.4. The molecule has 0 fully saturated rings. The van der Waals surface area contributed by atoms with Crippen LogP contribution in [0.5, 0.6) is 0 Å². The number of nitrogens with one attached hydrogen (secondary N) is 1. The second-order valence-electron chi connectivity index (χ2n) is 4.48. The van der Waals surface area contributed by atoms with Gasteiger partial charge in [-0.15, -0.1) is 0 Å². The Morgan fingerprint density at radius 3 is 2.71 bits per heavy atom. The van der Waals surface area contributed by atoms with E-state index in [0.29, 0.717) is 11.1 Å². The molecule has 2 rings (SSSR count). The molecule has 0 saturated heterocycles. The van der Waals surface area contributed by atoms with Crippen LogP contribution in [0.3, 0.4) is 0 Å². The Kier molecular flexibility index (Phi) is 5.08. The standard InChI is InChI=1S/C17H16N2O2/c1-13(14-8-10-18-11-9-14)19-17(21)16-7-3-2-5-15(16)6-4-12-20/h2-3,5,7-11,13,20H,12H2,1H3,(H,19,21). The fraction of sp³-hybridized carbons (Fsp3) is 0.176. The average molecular weight is 280 g/mol. The van der Waals surface area contributed by atoms with Gasteiger partial charge in [0.1, 0.15) is 6.61 Å². The van der Waals surface area contributed by atoms with Gasteiger partial charge in [0.15, 0.2) is 0 Å². The number of amides is 1. The van der Waals surface area contributed by atoms with Gasteiger partial charge < -0.3 is 10.4 Å². The second-order valence-corrected chi connectivity index (χ2v) is 4.48. The van der Waals surface area contributed by atoms with Gasteiger partial charge in [-0.1, -0.05) is 24.0 Å². The molecule has 0 aliphatic heterocycles. The number of aliphatic hydroxyl groups excluding tert-OH is 1. The van der Waals surface area contributed by atoms with Crippen LogP contribution in [0.1, 0.15) is 34.5 Å². The molecule has 1 unspecified atom stereocenters. The summed E-state index contributed by atoms with van der Waals surface area (Å²) in [7, 11) is 0. The van der Waals surface area contributed by atoms with Crippen molar-refractivity contribution < 1.29 is 9.90 Å². The molecule has 0 aliphatic carbocycles. The summed E-state index contributed by atoms with van der Waals surface area (Å²) in [6.07, 6.45) is 3.39. The predicted molar refractivity (Wildman–Crippen MR) is 80.5 cm³/mol. The lowest BCUT2D eigenvalue weighted by molar-refractivity contribution is 0.0939. The third kappa shape index (κ3) is 3.91. The van der Waals surface area contributed by atoms with E-state index in [0.717, 1.165) is 5.56 Å². The lowest BCUT2D eigenvalue weighted by atomic mass is 10.1. The zero-order valence-corrected chi connectivity index (χ0v) is 11.7. The van der Waals surface area contributed by atoms with Gasteiger partial charge in [0.05, 0.1) is 11.6 Å². The van der Waals surface area contributed by atoms with Gasteiger partial charge in [-0.25, -0.2) is 0 Å². The Hall–Kier alpha value is -2.64. The minimum Gasteiger partial charge on any atom is -0.384 e. The van der Waals surface area contributed by atoms with Gasteiger partial charge in [-0.05, 0) is 36.8 Å². The number of pyridine rings is 1. The van der Waals surface area contributed by atoms with Crippen molar-refractivity contribution in [3.05, 3.63) is 65.5 Å². The summed E-state index contributed by atoms with van der Waals surface area (Å²) >= 11 is 0. The number of rotatable bonds is 3. The maximum absolute atomic E-state index is 12.4. The average Bonchev–Trinajstić information content (AvgIpc) is 2.54. The van der Waals surface area contributed by atoms with Crippen LogP contribution in [-0.4, -0.2) is 22.6 Å². The van der Waals surface area contributed by atoms with Crippen molar-refractivity contribution in [2.45, 2.75) is 13.0 Å². The molecule has 0 radical (unpaired) electrons. The highest BCUT2D eigenvalue weighted by molar-refractivity contribution is 5.96. The van der Waals surface area contributed by atoms with Crippen molar-refractivity contribution in [3.63, 3.8) is 0 Å². The minimum atomic E-state index is -0.233. The number of aliphatic hydroxyl groups is 1. The summed E-state index contributed by atoms with van der Waals surface area (Å²) in [6.45, 7) is 1.68. The monoisotopic (exact) mass is 280 g/mol. The van der Waals surface area contributed by atoms with E-state index in [4.69, 9.17) is 5.11 Å². The lowest BCUT2D eigenvalue weighted by Crippen LogP contribution is -2.27. The lowest BCUT2D eigenvalue weighted by Gasteiger charge is -2.14. The van der Waals surface area contributed by atoms with Gasteiger partial charge >= 0.3 is 0 Å². The number of carbonyl (C=O) groups excluding carboxylic acids is 1. The van der Waals surface area contributed by atoms with Crippen LogP contribution in [0.25, 0.3) is 0 Å². The van der Waals surface area contributed by atoms with E-state index in [1.165, 1.54) is 0 Å². The summed E-state index contributed by atoms with van der Waals surface area (Å²) in [5.74, 6) is 5.16. The van der Waals surface area contributed by atoms with E-state index < -0.39 is 0 Å². The number of aromatic nitrogens is 1. The second kappa shape index (κ2) is 7.22. The number of nitrogens with zero attached hydrogens (tertiary/aromatic N) is 1. The van der Waals surface area contributed by atoms with Crippen LogP contribution >= 0.6 is 0 Å². The Balaban J connectivity index is 2.17. The maximum Gasteiger partial charge on any atom is 0.253 e. The van der Waals surface area contributed by atoms with Crippen LogP contribution in [0, 0.1) is 11.8 Å². The molecule has 1 amide bonds. The highest BCUT2D eigenvalue weighted by Gasteiger charge is 2.13. The first-order valence-corrected chi connectivity index (χ1v) is 6.62. The smallest absolute Gasteiger partial charge is 0.253 e. The van der Waals surface area contributed by atoms with Crippen molar-refractivity contribution >= 4 is 5.91 Å². The van der Waals surface area contributed by atoms with Gasteiger partial charge in [0, 0.05) is 18.0 Å². The fourth-order valence-corrected chi connectivity index (χ4v) is 1.93. The van der Waals surface area contributed by atoms with Crippen LogP contribution in [0.4, 0.5) is 0 Å². The van der Waals surface area contributed by atoms with Gasteiger partial charge in [0.25, 0.3) is 5.91 Å². The molecule has 2 aromatic rings. The largest absolute Gasteiger partial charge is 0.384 e. The van der Waals surface area contributed by atoms with E-state index in [2.05, 4.69) is 22.1 Å². The molecule has 106 valence electrons. The summed E-state index contributed by atoms with van der Waals surface area (Å²) in [4.78, 5) is 16.3. The molecule has 21 heavy (non-hydrogen) atoms. The predicted octanol–water partition coefficient (Wildman–Crippen LogP) is 1.92. The Morgan fingerprint density at radius 1 is 1.29 bits per heavy atom. The molecular formula is C17H16N2O2. The van der Waals surface area contributed by atoms with Gasteiger partial charge in [-0.2, -0.15) is 0 Å². The quantitative estimate of drug-likeness (QED) is 0.844. The molecule has 2 N–H and O–H groups in total. The van der Waals surface area contributed by atoms with Crippen molar-refractivity contribution in [3.8, 4) is 11.8 Å². The Bertz CT molecular complexity index is 672. The molecule has 0 spiro atoms. The van der Waals surface area contributed by atoms with Crippen molar-refractivity contribution in [1.29, 1.82) is 0 Å². The number of hydrogen-bond acceptors (Lipinski definition) is 3. The molecule has 0 aliphatic rings. The highest BCUT2D eigenvalue weighted by Crippen LogP contribution is 2.13. The van der Waals surface area contributed by atoms with Crippen LogP contribution in [-0.2, 0) is 0 Å². The third-order valence-electron chi connectivity index (χ3n) is 3.03. The van der Waals surface area contributed by atoms with E-state index in [1.807, 2.05) is 25.1 Å². The molecule has 4 heteroatoms. The SMILES string of the molecule is CC(NC(=O)c1ccccc1C#CCO)c1ccncc1. The number of hydrogen-bond donors (Lipinski definition) is 2. The van der Waals surface area contributed by atoms with Gasteiger partial charge in [0.2, 0.25) is 0 Å². The Morgan fingerprint density at radius 2 is 2.00 bits per heavy atom. The van der Waals surface area contributed by atoms with Crippen molar-refractivity contribution in [2.24, 2.45) is 0 Å².